The lowest BCUT2D eigenvalue weighted by Gasteiger charge is -2.26. The molecule has 0 atom stereocenters. The molecular formula is C19H20ClNO4. The van der Waals surface area contributed by atoms with Gasteiger partial charge in [0.05, 0.1) is 7.11 Å². The zero-order chi connectivity index (χ0) is 18.4. The third-order valence-corrected chi connectivity index (χ3v) is 3.76. The SMILES string of the molecule is COc1ccc(Cl)cc1C(=O)OCC(=O)N(c1ccccc1)C(C)C. The molecule has 0 saturated carbocycles. The van der Waals surface area contributed by atoms with Crippen molar-refractivity contribution < 1.29 is 19.1 Å². The van der Waals surface area contributed by atoms with E-state index in [2.05, 4.69) is 0 Å². The largest absolute Gasteiger partial charge is 0.496 e. The molecule has 132 valence electrons. The summed E-state index contributed by atoms with van der Waals surface area (Å²) in [6.07, 6.45) is 0. The Labute approximate surface area is 152 Å². The number of para-hydroxylation sites is 1. The van der Waals surface area contributed by atoms with Gasteiger partial charge < -0.3 is 14.4 Å². The van der Waals surface area contributed by atoms with Crippen molar-refractivity contribution in [3.05, 3.63) is 59.1 Å². The molecule has 2 aromatic carbocycles. The zero-order valence-corrected chi connectivity index (χ0v) is 15.1. The van der Waals surface area contributed by atoms with E-state index in [4.69, 9.17) is 21.1 Å². The minimum atomic E-state index is -0.663. The highest BCUT2D eigenvalue weighted by molar-refractivity contribution is 6.31. The number of benzene rings is 2. The monoisotopic (exact) mass is 361 g/mol. The van der Waals surface area contributed by atoms with Crippen molar-refractivity contribution in [1.29, 1.82) is 0 Å². The van der Waals surface area contributed by atoms with Crippen molar-refractivity contribution in [2.75, 3.05) is 18.6 Å². The molecule has 0 radical (unpaired) electrons. The van der Waals surface area contributed by atoms with Gasteiger partial charge >= 0.3 is 5.97 Å². The second-order valence-corrected chi connectivity index (χ2v) is 6.05. The normalized spacial score (nSPS) is 10.4. The lowest BCUT2D eigenvalue weighted by Crippen LogP contribution is -2.39. The summed E-state index contributed by atoms with van der Waals surface area (Å²) >= 11 is 5.91. The molecule has 2 aromatic rings. The van der Waals surface area contributed by atoms with Crippen LogP contribution < -0.4 is 9.64 Å². The molecule has 1 amide bonds. The van der Waals surface area contributed by atoms with Crippen LogP contribution in [0.4, 0.5) is 5.69 Å². The maximum Gasteiger partial charge on any atom is 0.342 e. The number of anilines is 1. The molecule has 0 spiro atoms. The van der Waals surface area contributed by atoms with Gasteiger partial charge in [-0.1, -0.05) is 29.8 Å². The van der Waals surface area contributed by atoms with Gasteiger partial charge in [0.1, 0.15) is 11.3 Å². The van der Waals surface area contributed by atoms with Gasteiger partial charge in [-0.25, -0.2) is 4.79 Å². The molecule has 0 saturated heterocycles. The molecule has 0 aliphatic heterocycles. The van der Waals surface area contributed by atoms with Crippen LogP contribution in [0.1, 0.15) is 24.2 Å². The number of hydrogen-bond donors (Lipinski definition) is 0. The third-order valence-electron chi connectivity index (χ3n) is 3.53. The Hall–Kier alpha value is -2.53. The molecule has 0 unspecified atom stereocenters. The Morgan fingerprint density at radius 1 is 1.12 bits per heavy atom. The predicted octanol–water partition coefficient (Wildman–Crippen LogP) is 3.95. The van der Waals surface area contributed by atoms with Crippen LogP contribution in [-0.4, -0.2) is 31.6 Å². The van der Waals surface area contributed by atoms with Crippen molar-refractivity contribution in [3.63, 3.8) is 0 Å². The number of amides is 1. The maximum absolute atomic E-state index is 12.5. The first-order chi connectivity index (χ1) is 11.9. The van der Waals surface area contributed by atoms with Gasteiger partial charge in [0.25, 0.3) is 5.91 Å². The summed E-state index contributed by atoms with van der Waals surface area (Å²) in [5.74, 6) is -0.634. The van der Waals surface area contributed by atoms with Crippen LogP contribution in [0.3, 0.4) is 0 Å². The van der Waals surface area contributed by atoms with Crippen molar-refractivity contribution in [2.24, 2.45) is 0 Å². The molecule has 6 heteroatoms. The summed E-state index contributed by atoms with van der Waals surface area (Å²) in [6.45, 7) is 3.42. The van der Waals surface area contributed by atoms with E-state index in [1.165, 1.54) is 13.2 Å². The Balaban J connectivity index is 2.10. The van der Waals surface area contributed by atoms with Crippen LogP contribution in [0.5, 0.6) is 5.75 Å². The highest BCUT2D eigenvalue weighted by Crippen LogP contribution is 2.23. The minimum Gasteiger partial charge on any atom is -0.496 e. The second-order valence-electron chi connectivity index (χ2n) is 5.61. The summed E-state index contributed by atoms with van der Waals surface area (Å²) in [5, 5.41) is 0.382. The number of nitrogens with zero attached hydrogens (tertiary/aromatic N) is 1. The first kappa shape index (κ1) is 18.8. The van der Waals surface area contributed by atoms with Gasteiger partial charge in [-0.3, -0.25) is 4.79 Å². The standard InChI is InChI=1S/C19H20ClNO4/c1-13(2)21(15-7-5-4-6-8-15)18(22)12-25-19(23)16-11-14(20)9-10-17(16)24-3/h4-11,13H,12H2,1-3H3. The van der Waals surface area contributed by atoms with Crippen LogP contribution in [0, 0.1) is 0 Å². The molecule has 0 N–H and O–H groups in total. The molecule has 0 bridgehead atoms. The van der Waals surface area contributed by atoms with Gasteiger partial charge in [-0.2, -0.15) is 0 Å². The smallest absolute Gasteiger partial charge is 0.342 e. The van der Waals surface area contributed by atoms with Gasteiger partial charge in [0.2, 0.25) is 0 Å². The van der Waals surface area contributed by atoms with E-state index in [0.29, 0.717) is 10.8 Å². The van der Waals surface area contributed by atoms with E-state index < -0.39 is 5.97 Å². The topological polar surface area (TPSA) is 55.8 Å². The number of carbonyl (C=O) groups is 2. The van der Waals surface area contributed by atoms with Crippen LogP contribution >= 0.6 is 11.6 Å². The quantitative estimate of drug-likeness (QED) is 0.731. The molecule has 25 heavy (non-hydrogen) atoms. The van der Waals surface area contributed by atoms with Crippen molar-refractivity contribution in [3.8, 4) is 5.75 Å². The third kappa shape index (κ3) is 4.73. The van der Waals surface area contributed by atoms with Crippen molar-refractivity contribution >= 4 is 29.2 Å². The number of carbonyl (C=O) groups excluding carboxylic acids is 2. The summed E-state index contributed by atoms with van der Waals surface area (Å²) < 4.78 is 10.3. The molecule has 0 fully saturated rings. The molecule has 2 rings (SSSR count). The molecule has 0 heterocycles. The second kappa shape index (κ2) is 8.53. The lowest BCUT2D eigenvalue weighted by atomic mass is 10.2. The Kier molecular flexibility index (Phi) is 6.42. The van der Waals surface area contributed by atoms with Crippen LogP contribution in [0.2, 0.25) is 5.02 Å². The van der Waals surface area contributed by atoms with Crippen LogP contribution in [-0.2, 0) is 9.53 Å². The van der Waals surface area contributed by atoms with Gasteiger partial charge in [-0.05, 0) is 44.2 Å². The fourth-order valence-corrected chi connectivity index (χ4v) is 2.61. The van der Waals surface area contributed by atoms with Gasteiger partial charge in [0.15, 0.2) is 6.61 Å². The highest BCUT2D eigenvalue weighted by atomic mass is 35.5. The fourth-order valence-electron chi connectivity index (χ4n) is 2.43. The van der Waals surface area contributed by atoms with E-state index in [0.717, 1.165) is 5.69 Å². The first-order valence-corrected chi connectivity index (χ1v) is 8.19. The van der Waals surface area contributed by atoms with E-state index in [1.807, 2.05) is 44.2 Å². The van der Waals surface area contributed by atoms with E-state index >= 15 is 0 Å². The highest BCUT2D eigenvalue weighted by Gasteiger charge is 2.22. The maximum atomic E-state index is 12.5. The number of methoxy groups -OCH3 is 1. The lowest BCUT2D eigenvalue weighted by molar-refractivity contribution is -0.122. The molecule has 0 aromatic heterocycles. The number of hydrogen-bond acceptors (Lipinski definition) is 4. The summed E-state index contributed by atoms with van der Waals surface area (Å²) in [6, 6.07) is 13.8. The zero-order valence-electron chi connectivity index (χ0n) is 14.4. The number of halogens is 1. The summed E-state index contributed by atoms with van der Waals surface area (Å²) in [5.41, 5.74) is 0.928. The van der Waals surface area contributed by atoms with Crippen LogP contribution in [0.25, 0.3) is 0 Å². The average molecular weight is 362 g/mol. The van der Waals surface area contributed by atoms with Gasteiger partial charge in [0, 0.05) is 16.8 Å². The number of esters is 1. The molecule has 0 aliphatic carbocycles. The fraction of sp³-hybridized carbons (Fsp3) is 0.263. The molecular weight excluding hydrogens is 342 g/mol. The number of rotatable bonds is 6. The van der Waals surface area contributed by atoms with E-state index in [9.17, 15) is 9.59 Å². The van der Waals surface area contributed by atoms with E-state index in [-0.39, 0.29) is 24.1 Å². The Morgan fingerprint density at radius 2 is 1.80 bits per heavy atom. The average Bonchev–Trinajstić information content (AvgIpc) is 2.60. The van der Waals surface area contributed by atoms with Crippen LogP contribution in [0.15, 0.2) is 48.5 Å². The Morgan fingerprint density at radius 3 is 2.40 bits per heavy atom. The predicted molar refractivity (Wildman–Crippen MR) is 97.4 cm³/mol. The summed E-state index contributed by atoms with van der Waals surface area (Å²) in [7, 11) is 1.45. The Bertz CT molecular complexity index is 746. The number of ether oxygens (including phenoxy) is 2. The van der Waals surface area contributed by atoms with Crippen molar-refractivity contribution in [2.45, 2.75) is 19.9 Å². The molecule has 5 nitrogen and oxygen atoms in total. The minimum absolute atomic E-state index is 0.0747. The van der Waals surface area contributed by atoms with Gasteiger partial charge in [-0.15, -0.1) is 0 Å². The first-order valence-electron chi connectivity index (χ1n) is 7.81. The van der Waals surface area contributed by atoms with E-state index in [1.54, 1.807) is 17.0 Å². The summed E-state index contributed by atoms with van der Waals surface area (Å²) in [4.78, 5) is 26.4. The van der Waals surface area contributed by atoms with Crippen molar-refractivity contribution in [1.82, 2.24) is 0 Å². The molecule has 0 aliphatic rings.